The van der Waals surface area contributed by atoms with Crippen molar-refractivity contribution in [1.82, 2.24) is 0 Å². The van der Waals surface area contributed by atoms with E-state index in [-0.39, 0.29) is 11.4 Å². The summed E-state index contributed by atoms with van der Waals surface area (Å²) in [6.07, 6.45) is 0. The van der Waals surface area contributed by atoms with Gasteiger partial charge in [0.25, 0.3) is 0 Å². The second-order valence-corrected chi connectivity index (χ2v) is 2.74. The zero-order valence-electron chi connectivity index (χ0n) is 6.77. The lowest BCUT2D eigenvalue weighted by Gasteiger charge is -1.88. The molecule has 0 atom stereocenters. The van der Waals surface area contributed by atoms with E-state index in [4.69, 9.17) is 5.39 Å². The molecule has 0 saturated carbocycles. The molecule has 3 nitrogen and oxygen atoms in total. The van der Waals surface area contributed by atoms with Gasteiger partial charge < -0.3 is 5.11 Å². The highest BCUT2D eigenvalue weighted by molar-refractivity contribution is 5.86. The predicted octanol–water partition coefficient (Wildman–Crippen LogP) is 2.35. The highest BCUT2D eigenvalue weighted by Crippen LogP contribution is 2.40. The summed E-state index contributed by atoms with van der Waals surface area (Å²) in [5, 5.41) is 19.8. The second-order valence-electron chi connectivity index (χ2n) is 2.74. The fraction of sp³-hybridized carbons (Fsp3) is 0. The van der Waals surface area contributed by atoms with E-state index >= 15 is 0 Å². The first kappa shape index (κ1) is 7.56. The van der Waals surface area contributed by atoms with Crippen molar-refractivity contribution in [3.05, 3.63) is 41.4 Å². The molecular weight excluding hydrogens is 164 g/mol. The van der Waals surface area contributed by atoms with Gasteiger partial charge >= 0.3 is 5.69 Å². The maximum Gasteiger partial charge on any atom is 0.385 e. The van der Waals surface area contributed by atoms with E-state index in [2.05, 4.69) is 4.98 Å². The number of nitrogens with zero attached hydrogens (tertiary/aromatic N) is 2. The molecule has 2 rings (SSSR count). The van der Waals surface area contributed by atoms with E-state index in [1.54, 1.807) is 12.1 Å². The Morgan fingerprint density at radius 2 is 1.92 bits per heavy atom. The topological polar surface area (TPSA) is 51.2 Å². The third-order valence-corrected chi connectivity index (χ3v) is 1.95. The van der Waals surface area contributed by atoms with Gasteiger partial charge in [0.15, 0.2) is 4.98 Å². The fourth-order valence-corrected chi connectivity index (χ4v) is 1.35. The van der Waals surface area contributed by atoms with Gasteiger partial charge in [-0.1, -0.05) is 30.3 Å². The van der Waals surface area contributed by atoms with Crippen LogP contribution in [-0.2, 0) is 0 Å². The lowest BCUT2D eigenvalue weighted by molar-refractivity contribution is -0.266. The molecule has 0 fully saturated rings. The maximum absolute atomic E-state index is 11.2. The van der Waals surface area contributed by atoms with Gasteiger partial charge in [0.1, 0.15) is 0 Å². The molecule has 0 N–H and O–H groups in total. The predicted molar refractivity (Wildman–Crippen MR) is 47.3 cm³/mol. The van der Waals surface area contributed by atoms with E-state index in [1.165, 1.54) is 6.07 Å². The van der Waals surface area contributed by atoms with Gasteiger partial charge in [0.2, 0.25) is 5.39 Å². The summed E-state index contributed by atoms with van der Waals surface area (Å²) in [5.41, 5.74) is 1.59. The normalized spacial score (nSPS) is 9.77. The first-order valence-electron chi connectivity index (χ1n) is 3.87. The lowest BCUT2D eigenvalue weighted by atomic mass is 10.2. The molecule has 3 heteroatoms. The molecule has 0 unspecified atom stereocenters. The van der Waals surface area contributed by atoms with Gasteiger partial charge in [-0.15, -0.1) is 0 Å². The zero-order valence-corrected chi connectivity index (χ0v) is 6.77. The van der Waals surface area contributed by atoms with Crippen LogP contribution in [0.4, 0.5) is 5.69 Å². The molecule has 0 bridgehead atoms. The Labute approximate surface area is 75.2 Å². The summed E-state index contributed by atoms with van der Waals surface area (Å²) >= 11 is 0. The molecule has 0 spiro atoms. The number of rotatable bonds is 0. The van der Waals surface area contributed by atoms with Gasteiger partial charge in [-0.25, -0.2) is 0 Å². The Morgan fingerprint density at radius 1 is 1.15 bits per heavy atom. The summed E-state index contributed by atoms with van der Waals surface area (Å²) in [4.78, 5) is 2.97. The molecular formula is C10H6N2O. The van der Waals surface area contributed by atoms with Crippen LogP contribution in [0.2, 0.25) is 0 Å². The van der Waals surface area contributed by atoms with Gasteiger partial charge in [0, 0.05) is 0 Å². The van der Waals surface area contributed by atoms with Crippen LogP contribution in [0.3, 0.4) is 0 Å². The number of fused-ring (bicyclic) bond motifs is 1. The van der Waals surface area contributed by atoms with Gasteiger partial charge in [0.05, 0.1) is 5.56 Å². The lowest BCUT2D eigenvalue weighted by Crippen LogP contribution is -1.83. The van der Waals surface area contributed by atoms with Crippen LogP contribution in [0.25, 0.3) is 16.1 Å². The number of hydrogen-bond acceptors (Lipinski definition) is 2. The summed E-state index contributed by atoms with van der Waals surface area (Å²) in [6, 6.07) is 10.5. The van der Waals surface area contributed by atoms with Crippen LogP contribution >= 0.6 is 0 Å². The van der Waals surface area contributed by atoms with Crippen molar-refractivity contribution < 1.29 is 5.11 Å². The standard InChI is InChI=1S/C10H6N2O/c11-12-10-8-5-3-1-2-4-7(8)6-9(10)13/h1-6H. The van der Waals surface area contributed by atoms with E-state index in [1.807, 2.05) is 18.2 Å². The van der Waals surface area contributed by atoms with Crippen LogP contribution in [0.1, 0.15) is 0 Å². The molecule has 0 aromatic rings. The zero-order chi connectivity index (χ0) is 9.26. The Kier molecular flexibility index (Phi) is 1.60. The third-order valence-electron chi connectivity index (χ3n) is 1.95. The summed E-state index contributed by atoms with van der Waals surface area (Å²) < 4.78 is 0. The largest absolute Gasteiger partial charge is 0.867 e. The SMILES string of the molecule is N#[N+]c1c([O-])cc2cccccc1-2. The molecule has 0 radical (unpaired) electrons. The molecule has 0 heterocycles. The highest BCUT2D eigenvalue weighted by atomic mass is 16.3. The van der Waals surface area contributed by atoms with Gasteiger partial charge in [-0.2, -0.15) is 0 Å². The van der Waals surface area contributed by atoms with Crippen LogP contribution in [-0.4, -0.2) is 0 Å². The van der Waals surface area contributed by atoms with Gasteiger partial charge in [-0.3, -0.25) is 0 Å². The molecule has 0 aromatic carbocycles. The van der Waals surface area contributed by atoms with Crippen molar-refractivity contribution in [3.8, 4) is 16.9 Å². The van der Waals surface area contributed by atoms with E-state index in [0.717, 1.165) is 5.56 Å². The van der Waals surface area contributed by atoms with Crippen molar-refractivity contribution in [2.24, 2.45) is 0 Å². The van der Waals surface area contributed by atoms with Crippen molar-refractivity contribution in [1.29, 1.82) is 5.39 Å². The fourth-order valence-electron chi connectivity index (χ4n) is 1.35. The van der Waals surface area contributed by atoms with Crippen molar-refractivity contribution in [2.45, 2.75) is 0 Å². The second kappa shape index (κ2) is 2.76. The quantitative estimate of drug-likeness (QED) is 0.570. The summed E-state index contributed by atoms with van der Waals surface area (Å²) in [7, 11) is 0. The van der Waals surface area contributed by atoms with Crippen LogP contribution in [0, 0.1) is 5.39 Å². The smallest absolute Gasteiger partial charge is 0.385 e. The maximum atomic E-state index is 11.2. The van der Waals surface area contributed by atoms with E-state index < -0.39 is 0 Å². The Morgan fingerprint density at radius 3 is 2.69 bits per heavy atom. The van der Waals surface area contributed by atoms with Crippen molar-refractivity contribution in [2.75, 3.05) is 0 Å². The minimum atomic E-state index is -0.247. The van der Waals surface area contributed by atoms with Crippen LogP contribution in [0.5, 0.6) is 5.75 Å². The first-order chi connectivity index (χ1) is 6.33. The summed E-state index contributed by atoms with van der Waals surface area (Å²) in [5.74, 6) is -0.247. The van der Waals surface area contributed by atoms with Crippen LogP contribution in [0.15, 0.2) is 36.4 Å². The average Bonchev–Trinajstić information content (AvgIpc) is 2.32. The van der Waals surface area contributed by atoms with Crippen molar-refractivity contribution >= 4 is 5.69 Å². The number of hydrogen-bond donors (Lipinski definition) is 0. The third kappa shape index (κ3) is 1.09. The minimum Gasteiger partial charge on any atom is -0.867 e. The van der Waals surface area contributed by atoms with Crippen molar-refractivity contribution in [3.63, 3.8) is 0 Å². The molecule has 62 valence electrons. The molecule has 2 aliphatic carbocycles. The molecule has 0 aliphatic heterocycles. The number of diazo groups is 1. The Balaban J connectivity index is 2.81. The molecule has 0 aromatic heterocycles. The molecule has 13 heavy (non-hydrogen) atoms. The molecule has 0 amide bonds. The highest BCUT2D eigenvalue weighted by Gasteiger charge is 2.18. The molecule has 2 aliphatic rings. The van der Waals surface area contributed by atoms with Gasteiger partial charge in [-0.05, 0) is 17.4 Å². The van der Waals surface area contributed by atoms with E-state index in [0.29, 0.717) is 5.56 Å². The van der Waals surface area contributed by atoms with E-state index in [9.17, 15) is 5.11 Å². The average molecular weight is 170 g/mol. The van der Waals surface area contributed by atoms with Crippen LogP contribution < -0.4 is 5.11 Å². The molecule has 0 saturated heterocycles. The minimum absolute atomic E-state index is 0.117. The first-order valence-corrected chi connectivity index (χ1v) is 3.87. The Bertz CT molecular complexity index is 459. The summed E-state index contributed by atoms with van der Waals surface area (Å²) in [6.45, 7) is 0. The Hall–Kier alpha value is -2.08. The monoisotopic (exact) mass is 170 g/mol.